The Morgan fingerprint density at radius 1 is 1.33 bits per heavy atom. The quantitative estimate of drug-likeness (QED) is 0.815. The Morgan fingerprint density at radius 3 is 2.78 bits per heavy atom. The van der Waals surface area contributed by atoms with E-state index in [4.69, 9.17) is 15.4 Å². The van der Waals surface area contributed by atoms with Crippen LogP contribution < -0.4 is 10.6 Å². The zero-order chi connectivity index (χ0) is 12.8. The minimum Gasteiger partial charge on any atom is -0.487 e. The summed E-state index contributed by atoms with van der Waals surface area (Å²) in [5.74, 6) is 4.91. The largest absolute Gasteiger partial charge is 0.487 e. The van der Waals surface area contributed by atoms with Gasteiger partial charge in [-0.2, -0.15) is 0 Å². The van der Waals surface area contributed by atoms with Crippen molar-refractivity contribution in [1.29, 1.82) is 0 Å². The zero-order valence-corrected chi connectivity index (χ0v) is 10.2. The molecule has 1 aromatic carbocycles. The highest BCUT2D eigenvalue weighted by atomic mass is 19.1. The van der Waals surface area contributed by atoms with E-state index in [2.05, 4.69) is 4.84 Å². The number of halogens is 1. The Morgan fingerprint density at radius 2 is 2.11 bits per heavy atom. The van der Waals surface area contributed by atoms with Crippen molar-refractivity contribution in [3.05, 3.63) is 29.6 Å². The van der Waals surface area contributed by atoms with Crippen molar-refractivity contribution in [2.24, 2.45) is 5.90 Å². The maximum Gasteiger partial charge on any atom is 0.165 e. The summed E-state index contributed by atoms with van der Waals surface area (Å²) in [4.78, 5) is 4.47. The number of hydrogen-bond acceptors (Lipinski definition) is 4. The predicted molar refractivity (Wildman–Crippen MR) is 64.7 cm³/mol. The van der Waals surface area contributed by atoms with E-state index in [-0.39, 0.29) is 11.9 Å². The summed E-state index contributed by atoms with van der Waals surface area (Å²) in [6, 6.07) is 4.96. The number of hydrogen-bond donors (Lipinski definition) is 1. The highest BCUT2D eigenvalue weighted by Gasteiger charge is 2.17. The fourth-order valence-corrected chi connectivity index (χ4v) is 1.95. The molecule has 0 aliphatic carbocycles. The summed E-state index contributed by atoms with van der Waals surface area (Å²) in [5.41, 5.74) is 0.845. The molecule has 0 aromatic heterocycles. The Labute approximate surface area is 106 Å². The molecule has 5 heteroatoms. The van der Waals surface area contributed by atoms with Crippen LogP contribution in [0.25, 0.3) is 0 Å². The third-order valence-electron chi connectivity index (χ3n) is 2.97. The van der Waals surface area contributed by atoms with E-state index >= 15 is 0 Å². The number of rotatable bonds is 5. The molecule has 1 aromatic rings. The molecule has 0 atom stereocenters. The third kappa shape index (κ3) is 3.66. The first-order chi connectivity index (χ1) is 8.79. The molecule has 18 heavy (non-hydrogen) atoms. The molecule has 4 nitrogen and oxygen atoms in total. The van der Waals surface area contributed by atoms with Gasteiger partial charge in [-0.05, 0) is 24.1 Å². The minimum absolute atomic E-state index is 0.0477. The molecule has 1 fully saturated rings. The van der Waals surface area contributed by atoms with Crippen LogP contribution in [0.4, 0.5) is 4.39 Å². The van der Waals surface area contributed by atoms with Crippen LogP contribution in [0, 0.1) is 5.82 Å². The zero-order valence-electron chi connectivity index (χ0n) is 10.2. The molecule has 2 N–H and O–H groups in total. The standard InChI is InChI=1S/C13H18FNO3/c14-12-9-10(3-8-17-15)1-2-13(12)18-11-4-6-16-7-5-11/h1-2,9,11H,3-8,15H2. The first-order valence-electron chi connectivity index (χ1n) is 6.14. The second-order valence-corrected chi connectivity index (χ2v) is 4.32. The smallest absolute Gasteiger partial charge is 0.165 e. The van der Waals surface area contributed by atoms with E-state index in [1.165, 1.54) is 6.07 Å². The van der Waals surface area contributed by atoms with E-state index in [1.807, 2.05) is 6.07 Å². The Bertz CT molecular complexity index is 380. The summed E-state index contributed by atoms with van der Waals surface area (Å²) in [5, 5.41) is 0. The molecule has 0 unspecified atom stereocenters. The van der Waals surface area contributed by atoms with E-state index in [0.717, 1.165) is 18.4 Å². The topological polar surface area (TPSA) is 53.7 Å². The van der Waals surface area contributed by atoms with E-state index in [0.29, 0.717) is 32.0 Å². The summed E-state index contributed by atoms with van der Waals surface area (Å²) >= 11 is 0. The van der Waals surface area contributed by atoms with Crippen molar-refractivity contribution in [3.8, 4) is 5.75 Å². The van der Waals surface area contributed by atoms with Crippen molar-refractivity contribution in [2.45, 2.75) is 25.4 Å². The van der Waals surface area contributed by atoms with Gasteiger partial charge in [-0.25, -0.2) is 10.3 Å². The second-order valence-electron chi connectivity index (χ2n) is 4.32. The second kappa shape index (κ2) is 6.68. The maximum absolute atomic E-state index is 13.8. The van der Waals surface area contributed by atoms with Gasteiger partial charge >= 0.3 is 0 Å². The third-order valence-corrected chi connectivity index (χ3v) is 2.97. The van der Waals surface area contributed by atoms with Gasteiger partial charge in [0.2, 0.25) is 0 Å². The Hall–Kier alpha value is -1.17. The minimum atomic E-state index is -0.337. The van der Waals surface area contributed by atoms with Crippen molar-refractivity contribution in [1.82, 2.24) is 0 Å². The van der Waals surface area contributed by atoms with Crippen LogP contribution in [-0.2, 0) is 16.0 Å². The van der Waals surface area contributed by atoms with Gasteiger partial charge < -0.3 is 14.3 Å². The fourth-order valence-electron chi connectivity index (χ4n) is 1.95. The molecule has 100 valence electrons. The van der Waals surface area contributed by atoms with Crippen LogP contribution in [0.5, 0.6) is 5.75 Å². The lowest BCUT2D eigenvalue weighted by Crippen LogP contribution is -2.26. The Balaban J connectivity index is 1.95. The summed E-state index contributed by atoms with van der Waals surface area (Å²) < 4.78 is 24.7. The monoisotopic (exact) mass is 255 g/mol. The van der Waals surface area contributed by atoms with Gasteiger partial charge in [-0.3, -0.25) is 0 Å². The summed E-state index contributed by atoms with van der Waals surface area (Å²) in [6.07, 6.45) is 2.25. The fraction of sp³-hybridized carbons (Fsp3) is 0.538. The van der Waals surface area contributed by atoms with Gasteiger partial charge in [0.05, 0.1) is 19.8 Å². The van der Waals surface area contributed by atoms with Gasteiger partial charge in [-0.15, -0.1) is 0 Å². The molecule has 1 heterocycles. The van der Waals surface area contributed by atoms with Gasteiger partial charge in [0.15, 0.2) is 11.6 Å². The molecular weight excluding hydrogens is 237 g/mol. The molecule has 1 aliphatic rings. The molecule has 0 spiro atoms. The van der Waals surface area contributed by atoms with Crippen molar-refractivity contribution in [3.63, 3.8) is 0 Å². The first kappa shape index (κ1) is 13.3. The van der Waals surface area contributed by atoms with E-state index in [1.54, 1.807) is 6.07 Å². The lowest BCUT2D eigenvalue weighted by atomic mass is 10.1. The average molecular weight is 255 g/mol. The number of benzene rings is 1. The lowest BCUT2D eigenvalue weighted by Gasteiger charge is -2.23. The molecular formula is C13H18FNO3. The van der Waals surface area contributed by atoms with Gasteiger partial charge in [0.25, 0.3) is 0 Å². The highest BCUT2D eigenvalue weighted by molar-refractivity contribution is 5.29. The van der Waals surface area contributed by atoms with E-state index in [9.17, 15) is 4.39 Å². The Kier molecular flexibility index (Phi) is 4.92. The van der Waals surface area contributed by atoms with Crippen molar-refractivity contribution in [2.75, 3.05) is 19.8 Å². The van der Waals surface area contributed by atoms with Crippen LogP contribution in [0.15, 0.2) is 18.2 Å². The number of nitrogens with two attached hydrogens (primary N) is 1. The predicted octanol–water partition coefficient (Wildman–Crippen LogP) is 1.82. The van der Waals surface area contributed by atoms with Crippen LogP contribution in [0.2, 0.25) is 0 Å². The van der Waals surface area contributed by atoms with Gasteiger partial charge in [-0.1, -0.05) is 6.07 Å². The molecule has 0 saturated carbocycles. The van der Waals surface area contributed by atoms with Crippen molar-refractivity contribution >= 4 is 0 Å². The van der Waals surface area contributed by atoms with Crippen LogP contribution in [0.3, 0.4) is 0 Å². The van der Waals surface area contributed by atoms with Crippen molar-refractivity contribution < 1.29 is 18.7 Å². The van der Waals surface area contributed by atoms with Gasteiger partial charge in [0, 0.05) is 12.8 Å². The van der Waals surface area contributed by atoms with Crippen LogP contribution >= 0.6 is 0 Å². The molecule has 0 radical (unpaired) electrons. The molecule has 1 aliphatic heterocycles. The first-order valence-corrected chi connectivity index (χ1v) is 6.14. The normalized spacial score (nSPS) is 16.8. The van der Waals surface area contributed by atoms with Crippen LogP contribution in [0.1, 0.15) is 18.4 Å². The van der Waals surface area contributed by atoms with Gasteiger partial charge in [0.1, 0.15) is 6.10 Å². The SMILES string of the molecule is NOCCc1ccc(OC2CCOCC2)c(F)c1. The molecule has 2 rings (SSSR count). The molecule has 0 amide bonds. The average Bonchev–Trinajstić information content (AvgIpc) is 2.40. The summed E-state index contributed by atoms with van der Waals surface area (Å²) in [7, 11) is 0. The summed E-state index contributed by atoms with van der Waals surface area (Å²) in [6.45, 7) is 1.73. The van der Waals surface area contributed by atoms with E-state index < -0.39 is 0 Å². The van der Waals surface area contributed by atoms with Crippen LogP contribution in [-0.4, -0.2) is 25.9 Å². The maximum atomic E-state index is 13.8. The number of ether oxygens (including phenoxy) is 2. The highest BCUT2D eigenvalue weighted by Crippen LogP contribution is 2.22. The molecule has 0 bridgehead atoms. The molecule has 1 saturated heterocycles. The lowest BCUT2D eigenvalue weighted by molar-refractivity contribution is 0.0240.